The number of methoxy groups -OCH3 is 1. The van der Waals surface area contributed by atoms with E-state index in [1.54, 1.807) is 7.11 Å². The van der Waals surface area contributed by atoms with Crippen molar-refractivity contribution in [1.29, 1.82) is 0 Å². The summed E-state index contributed by atoms with van der Waals surface area (Å²) in [4.78, 5) is 12.1. The molecule has 7 nitrogen and oxygen atoms in total. The Hall–Kier alpha value is -1.19. The zero-order chi connectivity index (χ0) is 18.0. The van der Waals surface area contributed by atoms with Crippen LogP contribution in [0.25, 0.3) is 0 Å². The Morgan fingerprint density at radius 3 is 2.32 bits per heavy atom. The summed E-state index contributed by atoms with van der Waals surface area (Å²) in [5.41, 5.74) is 0.426. The Bertz CT molecular complexity index is 606. The van der Waals surface area contributed by atoms with Gasteiger partial charge in [0, 0.05) is 38.9 Å². The van der Waals surface area contributed by atoms with Gasteiger partial charge in [-0.25, -0.2) is 13.1 Å². The van der Waals surface area contributed by atoms with Crippen LogP contribution in [0.2, 0.25) is 0 Å². The van der Waals surface area contributed by atoms with E-state index in [4.69, 9.17) is 4.74 Å². The van der Waals surface area contributed by atoms with Crippen LogP contribution in [-0.2, 0) is 14.8 Å². The van der Waals surface area contributed by atoms with Crippen molar-refractivity contribution >= 4 is 28.3 Å². The van der Waals surface area contributed by atoms with E-state index in [2.05, 4.69) is 15.4 Å². The Morgan fingerprint density at radius 2 is 1.76 bits per heavy atom. The van der Waals surface area contributed by atoms with Crippen molar-refractivity contribution < 1.29 is 17.9 Å². The van der Waals surface area contributed by atoms with Crippen LogP contribution in [0.4, 0.5) is 0 Å². The van der Waals surface area contributed by atoms with Gasteiger partial charge in [0.1, 0.15) is 0 Å². The highest BCUT2D eigenvalue weighted by molar-refractivity contribution is 7.89. The number of carbonyl (C=O) groups excluding carboxylic acids is 1. The summed E-state index contributed by atoms with van der Waals surface area (Å²) in [5.74, 6) is -0.00930. The Morgan fingerprint density at radius 1 is 1.12 bits per heavy atom. The normalized spacial score (nSPS) is 11.2. The van der Waals surface area contributed by atoms with Crippen molar-refractivity contribution in [3.8, 4) is 0 Å². The summed E-state index contributed by atoms with van der Waals surface area (Å²) in [5, 5.41) is 5.88. The van der Waals surface area contributed by atoms with E-state index in [9.17, 15) is 13.2 Å². The van der Waals surface area contributed by atoms with E-state index in [0.29, 0.717) is 31.8 Å². The van der Waals surface area contributed by atoms with Gasteiger partial charge in [0.2, 0.25) is 10.0 Å². The van der Waals surface area contributed by atoms with Gasteiger partial charge in [-0.2, -0.15) is 0 Å². The number of nitrogens with one attached hydrogen (secondary N) is 3. The lowest BCUT2D eigenvalue weighted by atomic mass is 10.2. The van der Waals surface area contributed by atoms with E-state index in [0.717, 1.165) is 6.54 Å². The molecule has 0 heterocycles. The van der Waals surface area contributed by atoms with Crippen molar-refractivity contribution in [1.82, 2.24) is 15.4 Å². The van der Waals surface area contributed by atoms with Gasteiger partial charge >= 0.3 is 0 Å². The molecule has 1 rings (SSSR count). The summed E-state index contributed by atoms with van der Waals surface area (Å²) in [6, 6.07) is 5.90. The molecule has 1 aromatic carbocycles. The molecule has 25 heavy (non-hydrogen) atoms. The molecule has 0 saturated heterocycles. The van der Waals surface area contributed by atoms with E-state index >= 15 is 0 Å². The molecule has 1 amide bonds. The SMILES string of the molecule is COCCNCCNC(=O)c1ccc(S(=O)(=O)NCC(C)C)cc1.Cl. The Balaban J connectivity index is 0.00000576. The summed E-state index contributed by atoms with van der Waals surface area (Å²) in [6.07, 6.45) is 0. The molecular formula is C16H28ClN3O4S. The molecule has 9 heteroatoms. The third-order valence-electron chi connectivity index (χ3n) is 3.18. The average molecular weight is 394 g/mol. The van der Waals surface area contributed by atoms with Crippen molar-refractivity contribution in [2.45, 2.75) is 18.7 Å². The number of benzene rings is 1. The molecular weight excluding hydrogens is 366 g/mol. The fourth-order valence-corrected chi connectivity index (χ4v) is 3.02. The molecule has 3 N–H and O–H groups in total. The van der Waals surface area contributed by atoms with Gasteiger partial charge in [0.25, 0.3) is 5.91 Å². The van der Waals surface area contributed by atoms with Crippen LogP contribution >= 0.6 is 12.4 Å². The maximum atomic E-state index is 12.1. The molecule has 0 aliphatic heterocycles. The lowest BCUT2D eigenvalue weighted by Crippen LogP contribution is -2.33. The first-order valence-corrected chi connectivity index (χ1v) is 9.42. The molecule has 0 aliphatic carbocycles. The van der Waals surface area contributed by atoms with Crippen LogP contribution < -0.4 is 15.4 Å². The number of halogens is 1. The number of ether oxygens (including phenoxy) is 1. The predicted molar refractivity (Wildman–Crippen MR) is 101 cm³/mol. The van der Waals surface area contributed by atoms with Crippen LogP contribution in [0.3, 0.4) is 0 Å². The quantitative estimate of drug-likeness (QED) is 0.487. The molecule has 0 atom stereocenters. The van der Waals surface area contributed by atoms with Crippen molar-refractivity contribution in [3.63, 3.8) is 0 Å². The van der Waals surface area contributed by atoms with Crippen molar-refractivity contribution in [3.05, 3.63) is 29.8 Å². The Kier molecular flexibility index (Phi) is 11.6. The Labute approximate surface area is 156 Å². The molecule has 0 unspecified atom stereocenters. The highest BCUT2D eigenvalue weighted by Gasteiger charge is 2.15. The second kappa shape index (κ2) is 12.2. The first kappa shape index (κ1) is 23.8. The van der Waals surface area contributed by atoms with Gasteiger partial charge in [-0.15, -0.1) is 12.4 Å². The van der Waals surface area contributed by atoms with E-state index in [1.165, 1.54) is 24.3 Å². The fourth-order valence-electron chi connectivity index (χ4n) is 1.81. The van der Waals surface area contributed by atoms with E-state index in [-0.39, 0.29) is 29.1 Å². The van der Waals surface area contributed by atoms with E-state index in [1.807, 2.05) is 13.8 Å². The minimum Gasteiger partial charge on any atom is -0.383 e. The summed E-state index contributed by atoms with van der Waals surface area (Å²) >= 11 is 0. The van der Waals surface area contributed by atoms with Gasteiger partial charge in [-0.3, -0.25) is 4.79 Å². The predicted octanol–water partition coefficient (Wildman–Crippen LogP) is 1.01. The minimum atomic E-state index is -3.53. The van der Waals surface area contributed by atoms with Crippen LogP contribution in [0.15, 0.2) is 29.2 Å². The number of carbonyl (C=O) groups is 1. The van der Waals surface area contributed by atoms with Crippen molar-refractivity contribution in [2.24, 2.45) is 5.92 Å². The number of sulfonamides is 1. The highest BCUT2D eigenvalue weighted by Crippen LogP contribution is 2.11. The summed E-state index contributed by atoms with van der Waals surface area (Å²) in [7, 11) is -1.90. The largest absolute Gasteiger partial charge is 0.383 e. The average Bonchev–Trinajstić information content (AvgIpc) is 2.56. The molecule has 0 aliphatic rings. The molecule has 0 radical (unpaired) electrons. The number of amides is 1. The smallest absolute Gasteiger partial charge is 0.251 e. The second-order valence-electron chi connectivity index (χ2n) is 5.77. The first-order valence-electron chi connectivity index (χ1n) is 7.94. The lowest BCUT2D eigenvalue weighted by Gasteiger charge is -2.10. The summed E-state index contributed by atoms with van der Waals surface area (Å²) in [6.45, 7) is 6.71. The number of hydrogen-bond donors (Lipinski definition) is 3. The number of hydrogen-bond acceptors (Lipinski definition) is 5. The van der Waals surface area contributed by atoms with E-state index < -0.39 is 10.0 Å². The van der Waals surface area contributed by atoms with Crippen LogP contribution in [0, 0.1) is 5.92 Å². The van der Waals surface area contributed by atoms with Gasteiger partial charge in [0.05, 0.1) is 11.5 Å². The highest BCUT2D eigenvalue weighted by atomic mass is 35.5. The molecule has 0 saturated carbocycles. The van der Waals surface area contributed by atoms with Crippen LogP contribution in [0.5, 0.6) is 0 Å². The van der Waals surface area contributed by atoms with Gasteiger partial charge < -0.3 is 15.4 Å². The lowest BCUT2D eigenvalue weighted by molar-refractivity contribution is 0.0953. The molecule has 0 fully saturated rings. The molecule has 1 aromatic rings. The topological polar surface area (TPSA) is 96.5 Å². The maximum Gasteiger partial charge on any atom is 0.251 e. The fraction of sp³-hybridized carbons (Fsp3) is 0.562. The third kappa shape index (κ3) is 9.18. The van der Waals surface area contributed by atoms with Gasteiger partial charge in [-0.05, 0) is 30.2 Å². The molecule has 0 aromatic heterocycles. The van der Waals surface area contributed by atoms with Crippen LogP contribution in [0.1, 0.15) is 24.2 Å². The second-order valence-corrected chi connectivity index (χ2v) is 7.54. The van der Waals surface area contributed by atoms with Gasteiger partial charge in [-0.1, -0.05) is 13.8 Å². The van der Waals surface area contributed by atoms with Crippen molar-refractivity contribution in [2.75, 3.05) is 39.9 Å². The summed E-state index contributed by atoms with van der Waals surface area (Å²) < 4.78 is 31.6. The molecule has 0 bridgehead atoms. The minimum absolute atomic E-state index is 0. The molecule has 144 valence electrons. The standard InChI is InChI=1S/C16H27N3O4S.ClH/c1-13(2)12-19-24(21,22)15-6-4-14(5-7-15)16(20)18-9-8-17-10-11-23-3;/h4-7,13,17,19H,8-12H2,1-3H3,(H,18,20);1H. The monoisotopic (exact) mass is 393 g/mol. The number of rotatable bonds is 11. The van der Waals surface area contributed by atoms with Crippen LogP contribution in [-0.4, -0.2) is 54.2 Å². The maximum absolute atomic E-state index is 12.1. The zero-order valence-electron chi connectivity index (χ0n) is 14.9. The van der Waals surface area contributed by atoms with Gasteiger partial charge in [0.15, 0.2) is 0 Å². The zero-order valence-corrected chi connectivity index (χ0v) is 16.5. The molecule has 0 spiro atoms. The third-order valence-corrected chi connectivity index (χ3v) is 4.62. The first-order chi connectivity index (χ1) is 11.4.